The van der Waals surface area contributed by atoms with E-state index in [0.29, 0.717) is 0 Å². The number of hydrogen-bond acceptors (Lipinski definition) is 4. The maximum Gasteiger partial charge on any atom is 0.460 e. The van der Waals surface area contributed by atoms with Crippen LogP contribution in [0.3, 0.4) is 0 Å². The van der Waals surface area contributed by atoms with Gasteiger partial charge in [0.2, 0.25) is 0 Å². The maximum atomic E-state index is 13.6. The number of halogens is 22. The number of rotatable bonds is 16. The molecule has 0 bridgehead atoms. The minimum atomic E-state index is -7.48. The van der Waals surface area contributed by atoms with Crippen molar-refractivity contribution in [2.75, 3.05) is 13.2 Å². The fourth-order valence-electron chi connectivity index (χ4n) is 2.70. The van der Waals surface area contributed by atoms with Gasteiger partial charge in [0.1, 0.15) is 0 Å². The second kappa shape index (κ2) is 13.3. The zero-order chi connectivity index (χ0) is 37.2. The van der Waals surface area contributed by atoms with Gasteiger partial charge in [-0.3, -0.25) is 0 Å². The molecule has 0 aromatic rings. The largest absolute Gasteiger partial charge is 0.462 e. The molecule has 0 spiro atoms. The van der Waals surface area contributed by atoms with E-state index in [2.05, 4.69) is 9.47 Å². The van der Waals surface area contributed by atoms with Gasteiger partial charge in [0.15, 0.2) is 0 Å². The lowest BCUT2D eigenvalue weighted by atomic mass is 9.97. The summed E-state index contributed by atoms with van der Waals surface area (Å²) in [5, 5.41) is 0. The highest BCUT2D eigenvalue weighted by Gasteiger charge is 2.83. The van der Waals surface area contributed by atoms with Gasteiger partial charge in [0.25, 0.3) is 11.8 Å². The van der Waals surface area contributed by atoms with Crippen LogP contribution in [0.25, 0.3) is 0 Å². The van der Waals surface area contributed by atoms with Crippen molar-refractivity contribution in [1.29, 1.82) is 0 Å². The molecule has 0 unspecified atom stereocenters. The second-order valence-electron chi connectivity index (χ2n) is 8.94. The predicted octanol–water partition coefficient (Wildman–Crippen LogP) is 8.40. The zero-order valence-electron chi connectivity index (χ0n) is 21.3. The average molecular weight is 736 g/mol. The third-order valence-corrected chi connectivity index (χ3v) is 5.16. The smallest absolute Gasteiger partial charge is 0.460 e. The molecular formula is C20H14F22O4. The highest BCUT2D eigenvalue weighted by atomic mass is 19.4. The van der Waals surface area contributed by atoms with Crippen molar-refractivity contribution in [2.24, 2.45) is 0 Å². The van der Waals surface area contributed by atoms with Crippen LogP contribution in [0.2, 0.25) is 0 Å². The summed E-state index contributed by atoms with van der Waals surface area (Å²) in [6, 6.07) is 0. The molecule has 0 aliphatic rings. The first-order chi connectivity index (χ1) is 19.9. The summed E-state index contributed by atoms with van der Waals surface area (Å²) >= 11 is 0. The number of hydrogen-bond donors (Lipinski definition) is 0. The Kier molecular flexibility index (Phi) is 12.5. The van der Waals surface area contributed by atoms with Crippen molar-refractivity contribution in [3.05, 3.63) is 12.2 Å². The minimum absolute atomic E-state index is 0.140. The molecular weight excluding hydrogens is 722 g/mol. The Morgan fingerprint density at radius 3 is 0.870 bits per heavy atom. The van der Waals surface area contributed by atoms with Crippen molar-refractivity contribution in [2.45, 2.75) is 85.4 Å². The standard InChI is InChI=1S/C20H14F22O4/c21-11(22,7-13(25,26)15(29,30)17(33,34)19(37,38)39)3-5-45-9(43)1-2-10(44)46-6-4-12(23,24)8-14(27,28)16(31,32)18(35,36)20(40,41)42/h1-2H,3-8H2. The van der Waals surface area contributed by atoms with Crippen molar-refractivity contribution in [3.63, 3.8) is 0 Å². The fourth-order valence-corrected chi connectivity index (χ4v) is 2.70. The molecule has 0 amide bonds. The van der Waals surface area contributed by atoms with E-state index >= 15 is 0 Å². The van der Waals surface area contributed by atoms with E-state index in [0.717, 1.165) is 0 Å². The number of alkyl halides is 22. The molecule has 0 heterocycles. The highest BCUT2D eigenvalue weighted by Crippen LogP contribution is 2.57. The molecule has 0 aliphatic heterocycles. The van der Waals surface area contributed by atoms with Gasteiger partial charge in [-0.1, -0.05) is 0 Å². The van der Waals surface area contributed by atoms with Crippen molar-refractivity contribution in [3.8, 4) is 0 Å². The quantitative estimate of drug-likeness (QED) is 0.0909. The summed E-state index contributed by atoms with van der Waals surface area (Å²) in [7, 11) is 0. The molecule has 0 fully saturated rings. The van der Waals surface area contributed by atoms with Crippen LogP contribution in [-0.4, -0.2) is 84.9 Å². The Bertz CT molecular complexity index is 1000. The number of carbonyl (C=O) groups excluding carboxylic acids is 2. The molecule has 0 aromatic carbocycles. The van der Waals surface area contributed by atoms with E-state index in [-0.39, 0.29) is 12.2 Å². The van der Waals surface area contributed by atoms with Gasteiger partial charge in [0, 0.05) is 25.0 Å². The van der Waals surface area contributed by atoms with Gasteiger partial charge in [-0.25, -0.2) is 27.2 Å². The molecule has 0 saturated heterocycles. The first kappa shape index (κ1) is 43.1. The highest BCUT2D eigenvalue weighted by molar-refractivity contribution is 5.91. The Morgan fingerprint density at radius 2 is 0.652 bits per heavy atom. The zero-order valence-corrected chi connectivity index (χ0v) is 21.3. The molecule has 272 valence electrons. The third-order valence-electron chi connectivity index (χ3n) is 5.16. The van der Waals surface area contributed by atoms with E-state index in [1.54, 1.807) is 0 Å². The van der Waals surface area contributed by atoms with E-state index in [4.69, 9.17) is 0 Å². The summed E-state index contributed by atoms with van der Waals surface area (Å²) in [5.41, 5.74) is 0. The monoisotopic (exact) mass is 736 g/mol. The summed E-state index contributed by atoms with van der Waals surface area (Å²) in [5.74, 6) is -57.4. The van der Waals surface area contributed by atoms with Crippen LogP contribution in [0, 0.1) is 0 Å². The SMILES string of the molecule is O=C(C=CC(=O)OCCC(F)(F)CC(F)(F)C(F)(F)C(F)(F)C(F)(F)F)OCCC(F)(F)CC(F)(F)C(F)(F)C(F)(F)C(F)(F)F. The van der Waals surface area contributed by atoms with Gasteiger partial charge in [-0.05, 0) is 0 Å². The molecule has 0 aliphatic carbocycles. The van der Waals surface area contributed by atoms with Crippen molar-refractivity contribution >= 4 is 11.9 Å². The molecule has 26 heteroatoms. The fraction of sp³-hybridized carbons (Fsp3) is 0.800. The molecule has 4 nitrogen and oxygen atoms in total. The summed E-state index contributed by atoms with van der Waals surface area (Å²) in [4.78, 5) is 22.6. The average Bonchev–Trinajstić information content (AvgIpc) is 2.79. The number of ether oxygens (including phenoxy) is 2. The third kappa shape index (κ3) is 9.82. The predicted molar refractivity (Wildman–Crippen MR) is 101 cm³/mol. The molecule has 0 N–H and O–H groups in total. The lowest BCUT2D eigenvalue weighted by molar-refractivity contribution is -0.401. The van der Waals surface area contributed by atoms with Crippen LogP contribution < -0.4 is 0 Å². The topological polar surface area (TPSA) is 52.6 Å². The van der Waals surface area contributed by atoms with Gasteiger partial charge in [0.05, 0.1) is 26.1 Å². The lowest BCUT2D eigenvalue weighted by Crippen LogP contribution is -2.61. The van der Waals surface area contributed by atoms with Gasteiger partial charge < -0.3 is 9.47 Å². The Labute approximate surface area is 239 Å². The molecule has 0 saturated carbocycles. The Morgan fingerprint density at radius 1 is 0.413 bits per heavy atom. The number of carbonyl (C=O) groups is 2. The first-order valence-electron chi connectivity index (χ1n) is 11.1. The van der Waals surface area contributed by atoms with Gasteiger partial charge >= 0.3 is 59.8 Å². The van der Waals surface area contributed by atoms with Crippen LogP contribution in [0.15, 0.2) is 12.2 Å². The van der Waals surface area contributed by atoms with E-state index < -0.39 is 111 Å². The van der Waals surface area contributed by atoms with E-state index in [1.165, 1.54) is 0 Å². The van der Waals surface area contributed by atoms with Gasteiger partial charge in [-0.15, -0.1) is 0 Å². The van der Waals surface area contributed by atoms with Crippen LogP contribution >= 0.6 is 0 Å². The van der Waals surface area contributed by atoms with Crippen LogP contribution in [0.5, 0.6) is 0 Å². The van der Waals surface area contributed by atoms with Crippen LogP contribution in [0.4, 0.5) is 96.6 Å². The van der Waals surface area contributed by atoms with Crippen LogP contribution in [0.1, 0.15) is 25.7 Å². The van der Waals surface area contributed by atoms with E-state index in [1.807, 2.05) is 0 Å². The van der Waals surface area contributed by atoms with Crippen molar-refractivity contribution in [1.82, 2.24) is 0 Å². The van der Waals surface area contributed by atoms with Gasteiger partial charge in [-0.2, -0.15) is 79.0 Å². The summed E-state index contributed by atoms with van der Waals surface area (Å²) in [6.45, 7) is -3.55. The molecule has 0 atom stereocenters. The summed E-state index contributed by atoms with van der Waals surface area (Å²) in [6.07, 6.45) is -26.6. The normalized spacial score (nSPS) is 15.3. The number of esters is 2. The first-order valence-corrected chi connectivity index (χ1v) is 11.1. The lowest BCUT2D eigenvalue weighted by Gasteiger charge is -2.35. The molecule has 0 aromatic heterocycles. The summed E-state index contributed by atoms with van der Waals surface area (Å²) < 4.78 is 291. The molecule has 0 radical (unpaired) electrons. The minimum Gasteiger partial charge on any atom is -0.462 e. The molecule has 0 rings (SSSR count). The van der Waals surface area contributed by atoms with E-state index in [9.17, 15) is 106 Å². The Hall–Kier alpha value is -2.86. The second-order valence-corrected chi connectivity index (χ2v) is 8.94. The molecule has 46 heavy (non-hydrogen) atoms. The van der Waals surface area contributed by atoms with Crippen LogP contribution in [-0.2, 0) is 19.1 Å². The Balaban J connectivity index is 5.04. The maximum absolute atomic E-state index is 13.6. The van der Waals surface area contributed by atoms with Crippen molar-refractivity contribution < 1.29 is 116 Å².